The molecule has 1 unspecified atom stereocenters. The summed E-state index contributed by atoms with van der Waals surface area (Å²) in [6.45, 7) is 2.18. The third-order valence-corrected chi connectivity index (χ3v) is 7.68. The van der Waals surface area contributed by atoms with Crippen molar-refractivity contribution in [1.82, 2.24) is 13.9 Å². The van der Waals surface area contributed by atoms with E-state index in [1.54, 1.807) is 10.6 Å². The number of sulfonamides is 1. The third kappa shape index (κ3) is 3.65. The molecule has 2 aliphatic rings. The van der Waals surface area contributed by atoms with E-state index in [9.17, 15) is 8.42 Å². The van der Waals surface area contributed by atoms with Crippen molar-refractivity contribution >= 4 is 21.1 Å². The van der Waals surface area contributed by atoms with Gasteiger partial charge in [0.05, 0.1) is 36.3 Å². The molecule has 1 atom stereocenters. The number of benzene rings is 2. The number of para-hydroxylation sites is 2. The Kier molecular flexibility index (Phi) is 5.12. The zero-order chi connectivity index (χ0) is 20.6. The van der Waals surface area contributed by atoms with Crippen LogP contribution in [0.15, 0.2) is 48.8 Å². The highest BCUT2D eigenvalue weighted by Crippen LogP contribution is 2.39. The number of aromatic nitrogens is 2. The van der Waals surface area contributed by atoms with Crippen LogP contribution in [0.3, 0.4) is 0 Å². The lowest BCUT2D eigenvalue weighted by atomic mass is 10.0. The molecule has 0 bridgehead atoms. The highest BCUT2D eigenvalue weighted by molar-refractivity contribution is 7.89. The first kappa shape index (κ1) is 19.4. The first-order chi connectivity index (χ1) is 14.6. The molecule has 2 aromatic carbocycles. The summed E-state index contributed by atoms with van der Waals surface area (Å²) in [6.07, 6.45) is 4.22. The maximum atomic E-state index is 13.2. The van der Waals surface area contributed by atoms with Crippen molar-refractivity contribution in [3.8, 4) is 11.5 Å². The number of hydrogen-bond donors (Lipinski definition) is 0. The maximum absolute atomic E-state index is 13.2. The van der Waals surface area contributed by atoms with E-state index in [2.05, 4.69) is 4.98 Å². The Bertz CT molecular complexity index is 1160. The summed E-state index contributed by atoms with van der Waals surface area (Å²) in [5, 5.41) is 0. The second kappa shape index (κ2) is 7.92. The molecule has 0 amide bonds. The fourth-order valence-electron chi connectivity index (χ4n) is 4.31. The number of hydrogen-bond acceptors (Lipinski definition) is 5. The topological polar surface area (TPSA) is 73.7 Å². The monoisotopic (exact) mass is 427 g/mol. The predicted molar refractivity (Wildman–Crippen MR) is 114 cm³/mol. The van der Waals surface area contributed by atoms with E-state index in [1.807, 2.05) is 47.0 Å². The van der Waals surface area contributed by atoms with Crippen LogP contribution in [0.1, 0.15) is 30.9 Å². The van der Waals surface area contributed by atoms with Crippen molar-refractivity contribution in [2.45, 2.75) is 31.8 Å². The zero-order valence-corrected chi connectivity index (χ0v) is 17.6. The summed E-state index contributed by atoms with van der Waals surface area (Å²) in [4.78, 5) is 4.36. The highest BCUT2D eigenvalue weighted by atomic mass is 32.2. The first-order valence-corrected chi connectivity index (χ1v) is 12.0. The van der Waals surface area contributed by atoms with Crippen molar-refractivity contribution in [2.24, 2.45) is 0 Å². The molecule has 1 aromatic heterocycles. The molecule has 0 saturated carbocycles. The van der Waals surface area contributed by atoms with Crippen molar-refractivity contribution in [1.29, 1.82) is 0 Å². The van der Waals surface area contributed by atoms with Crippen LogP contribution in [0.2, 0.25) is 0 Å². The summed E-state index contributed by atoms with van der Waals surface area (Å²) in [5.41, 5.74) is 2.79. The molecule has 0 N–H and O–H groups in total. The molecule has 0 aliphatic carbocycles. The Morgan fingerprint density at radius 2 is 1.87 bits per heavy atom. The van der Waals surface area contributed by atoms with Gasteiger partial charge in [-0.2, -0.15) is 4.31 Å². The average Bonchev–Trinajstić information content (AvgIpc) is 3.34. The summed E-state index contributed by atoms with van der Waals surface area (Å²) in [7, 11) is -3.42. The molecule has 1 fully saturated rings. The molecule has 2 aliphatic heterocycles. The molecular weight excluding hydrogens is 402 g/mol. The quantitative estimate of drug-likeness (QED) is 0.624. The normalized spacial score (nSPS) is 19.8. The standard InChI is InChI=1S/C22H25N3O4S/c26-30(27,14-11-24-16-23-18-5-1-2-6-20(18)24)25-10-3-7-19(25)17-8-9-21-22(15-17)29-13-4-12-28-21/h1-2,5-6,8-9,15-16,19H,3-4,7,10-14H2. The molecular formula is C22H25N3O4S. The summed E-state index contributed by atoms with van der Waals surface area (Å²) < 4.78 is 41.5. The molecule has 8 heteroatoms. The van der Waals surface area contributed by atoms with Crippen molar-refractivity contribution < 1.29 is 17.9 Å². The van der Waals surface area contributed by atoms with Crippen LogP contribution in [0.4, 0.5) is 0 Å². The van der Waals surface area contributed by atoms with Crippen LogP contribution >= 0.6 is 0 Å². The summed E-state index contributed by atoms with van der Waals surface area (Å²) in [5.74, 6) is 1.49. The zero-order valence-electron chi connectivity index (χ0n) is 16.7. The van der Waals surface area contributed by atoms with Crippen LogP contribution in [-0.2, 0) is 16.6 Å². The highest BCUT2D eigenvalue weighted by Gasteiger charge is 2.35. The molecule has 1 saturated heterocycles. The van der Waals surface area contributed by atoms with Gasteiger partial charge >= 0.3 is 0 Å². The summed E-state index contributed by atoms with van der Waals surface area (Å²) in [6, 6.07) is 13.4. The van der Waals surface area contributed by atoms with Crippen molar-refractivity contribution in [3.05, 3.63) is 54.4 Å². The minimum absolute atomic E-state index is 0.0500. The number of nitrogens with zero attached hydrogens (tertiary/aromatic N) is 3. The van der Waals surface area contributed by atoms with Crippen LogP contribution in [0.25, 0.3) is 11.0 Å². The molecule has 5 rings (SSSR count). The lowest BCUT2D eigenvalue weighted by molar-refractivity contribution is 0.296. The predicted octanol–water partition coefficient (Wildman–Crippen LogP) is 3.36. The molecule has 3 aromatic rings. The average molecular weight is 428 g/mol. The van der Waals surface area contributed by atoms with Gasteiger partial charge in [0, 0.05) is 25.6 Å². The molecule has 30 heavy (non-hydrogen) atoms. The lowest BCUT2D eigenvalue weighted by Gasteiger charge is -2.25. The molecule has 0 radical (unpaired) electrons. The largest absolute Gasteiger partial charge is 0.490 e. The SMILES string of the molecule is O=S(=O)(CCn1cnc2ccccc21)N1CCCC1c1ccc2c(c1)OCCCO2. The van der Waals surface area contributed by atoms with Crippen molar-refractivity contribution in [3.63, 3.8) is 0 Å². The second-order valence-corrected chi connectivity index (χ2v) is 9.81. The van der Waals surface area contributed by atoms with E-state index in [0.29, 0.717) is 32.1 Å². The second-order valence-electron chi connectivity index (χ2n) is 7.77. The van der Waals surface area contributed by atoms with E-state index in [0.717, 1.165) is 41.6 Å². The maximum Gasteiger partial charge on any atom is 0.216 e. The Hall–Kier alpha value is -2.58. The van der Waals surface area contributed by atoms with Gasteiger partial charge in [-0.1, -0.05) is 18.2 Å². The number of ether oxygens (including phenoxy) is 2. The molecule has 3 heterocycles. The summed E-state index contributed by atoms with van der Waals surface area (Å²) >= 11 is 0. The number of fused-ring (bicyclic) bond motifs is 2. The van der Waals surface area contributed by atoms with Crippen LogP contribution in [0, 0.1) is 0 Å². The van der Waals surface area contributed by atoms with Crippen LogP contribution < -0.4 is 9.47 Å². The van der Waals surface area contributed by atoms with Crippen LogP contribution in [-0.4, -0.2) is 47.8 Å². The van der Waals surface area contributed by atoms with Gasteiger partial charge in [-0.05, 0) is 42.7 Å². The Balaban J connectivity index is 1.35. The minimum atomic E-state index is -3.42. The van der Waals surface area contributed by atoms with Gasteiger partial charge in [-0.15, -0.1) is 0 Å². The lowest BCUT2D eigenvalue weighted by Crippen LogP contribution is -2.33. The smallest absolute Gasteiger partial charge is 0.216 e. The van der Waals surface area contributed by atoms with E-state index in [4.69, 9.17) is 9.47 Å². The molecule has 158 valence electrons. The van der Waals surface area contributed by atoms with E-state index in [1.165, 1.54) is 0 Å². The van der Waals surface area contributed by atoms with E-state index >= 15 is 0 Å². The van der Waals surface area contributed by atoms with Gasteiger partial charge < -0.3 is 14.0 Å². The van der Waals surface area contributed by atoms with Gasteiger partial charge in [0.15, 0.2) is 11.5 Å². The molecule has 0 spiro atoms. The van der Waals surface area contributed by atoms with E-state index < -0.39 is 10.0 Å². The van der Waals surface area contributed by atoms with Gasteiger partial charge in [0.2, 0.25) is 10.0 Å². The fraction of sp³-hybridized carbons (Fsp3) is 0.409. The van der Waals surface area contributed by atoms with Gasteiger partial charge in [0.1, 0.15) is 0 Å². The Labute approximate surface area is 176 Å². The molecule has 7 nitrogen and oxygen atoms in total. The number of rotatable bonds is 5. The number of imidazole rings is 1. The van der Waals surface area contributed by atoms with Gasteiger partial charge in [-0.3, -0.25) is 0 Å². The van der Waals surface area contributed by atoms with Gasteiger partial charge in [0.25, 0.3) is 0 Å². The minimum Gasteiger partial charge on any atom is -0.490 e. The number of aryl methyl sites for hydroxylation is 1. The van der Waals surface area contributed by atoms with Crippen LogP contribution in [0.5, 0.6) is 11.5 Å². The Morgan fingerprint density at radius 1 is 1.03 bits per heavy atom. The van der Waals surface area contributed by atoms with E-state index in [-0.39, 0.29) is 11.8 Å². The first-order valence-electron chi connectivity index (χ1n) is 10.4. The third-order valence-electron chi connectivity index (χ3n) is 5.83. The fourth-order valence-corrected chi connectivity index (χ4v) is 6.00. The van der Waals surface area contributed by atoms with Gasteiger partial charge in [-0.25, -0.2) is 13.4 Å². The Morgan fingerprint density at radius 3 is 2.77 bits per heavy atom. The van der Waals surface area contributed by atoms with Crippen molar-refractivity contribution in [2.75, 3.05) is 25.5 Å².